The predicted octanol–water partition coefficient (Wildman–Crippen LogP) is 5.77. The SMILES string of the molecule is C1CCOC1.CC#N.Cc1cc(CN(Cc2ccccn2)Cc2ccccn2)c(S(=O)[O-])c(CN(Cc2ccccn2)Cc2ccccn2)c1.O=S(=O)([O-])C(F)(F)F.O=S(=O)([O-])C(F)(F)F.O=S(=O)([O-])C(F)(F)F.[Cu+2].[Cu+2].[OH3+]. The number of nitrogens with zero attached hydrogens (tertiary/aromatic N) is 7. The van der Waals surface area contributed by atoms with Crippen LogP contribution in [0.4, 0.5) is 39.5 Å². The fourth-order valence-corrected chi connectivity index (χ4v) is 6.26. The van der Waals surface area contributed by atoms with Crippen molar-refractivity contribution >= 4 is 41.4 Å². The quantitative estimate of drug-likeness (QED) is 0.0337. The number of rotatable bonds is 13. The maximum atomic E-state index is 12.9. The molecule has 2 radical (unpaired) electrons. The van der Waals surface area contributed by atoms with Gasteiger partial charge in [-0.25, -0.2) is 25.3 Å². The number of ether oxygens (including phenoxy) is 1. The number of hydrogen-bond acceptors (Lipinski definition) is 19. The molecule has 5 heterocycles. The Morgan fingerprint density at radius 1 is 0.571 bits per heavy atom. The Bertz CT molecular complexity index is 2550. The molecule has 1 aromatic carbocycles. The van der Waals surface area contributed by atoms with Crippen molar-refractivity contribution in [1.82, 2.24) is 29.7 Å². The molecule has 0 aliphatic carbocycles. The summed E-state index contributed by atoms with van der Waals surface area (Å²) in [4.78, 5) is 22.7. The van der Waals surface area contributed by atoms with Gasteiger partial charge in [0.15, 0.2) is 30.4 Å². The fraction of sp³-hybridized carbons (Fsp3) is 0.357. The molecule has 1 unspecified atom stereocenters. The van der Waals surface area contributed by atoms with Gasteiger partial charge in [0, 0.05) is 89.1 Å². The van der Waals surface area contributed by atoms with Crippen molar-refractivity contribution in [3.8, 4) is 6.07 Å². The van der Waals surface area contributed by atoms with Gasteiger partial charge in [-0.2, -0.15) is 44.8 Å². The van der Waals surface area contributed by atoms with E-state index < -0.39 is 58.0 Å². The molecule has 0 saturated carbocycles. The van der Waals surface area contributed by atoms with E-state index in [1.165, 1.54) is 19.8 Å². The van der Waals surface area contributed by atoms with E-state index in [9.17, 15) is 48.3 Å². The number of benzene rings is 1. The van der Waals surface area contributed by atoms with Crippen LogP contribution in [0.1, 0.15) is 59.2 Å². The Hall–Kier alpha value is -4.60. The van der Waals surface area contributed by atoms with Gasteiger partial charge in [-0.3, -0.25) is 33.9 Å². The molecule has 436 valence electrons. The molecule has 77 heavy (non-hydrogen) atoms. The van der Waals surface area contributed by atoms with Gasteiger partial charge in [-0.05, 0) is 90.5 Å². The van der Waals surface area contributed by atoms with E-state index in [2.05, 4.69) is 29.7 Å². The maximum Gasteiger partial charge on any atom is 2.00 e. The van der Waals surface area contributed by atoms with E-state index >= 15 is 0 Å². The molecule has 20 nitrogen and oxygen atoms in total. The molecule has 1 aliphatic heterocycles. The predicted molar refractivity (Wildman–Crippen MR) is 245 cm³/mol. The summed E-state index contributed by atoms with van der Waals surface area (Å²) in [7, 11) is -18.3. The van der Waals surface area contributed by atoms with E-state index in [0.29, 0.717) is 44.2 Å². The molecule has 5 aromatic rings. The number of nitriles is 1. The number of aryl methyl sites for hydroxylation is 1. The van der Waals surface area contributed by atoms with Gasteiger partial charge >= 0.3 is 50.7 Å². The van der Waals surface area contributed by atoms with Gasteiger partial charge in [0.25, 0.3) is 0 Å². The molecule has 0 amide bonds. The largest absolute Gasteiger partial charge is 2.00 e. The van der Waals surface area contributed by atoms with Crippen molar-refractivity contribution in [2.45, 2.75) is 87.4 Å². The number of halogens is 9. The second-order valence-corrected chi connectivity index (χ2v) is 19.5. The fourth-order valence-electron chi connectivity index (χ4n) is 5.59. The molecule has 0 spiro atoms. The van der Waals surface area contributed by atoms with Crippen LogP contribution in [0.2, 0.25) is 0 Å². The van der Waals surface area contributed by atoms with Crippen molar-refractivity contribution in [3.63, 3.8) is 0 Å². The summed E-state index contributed by atoms with van der Waals surface area (Å²) in [6.45, 7) is 8.49. The zero-order chi connectivity index (χ0) is 56.4. The monoisotopic (exact) mass is 1280 g/mol. The van der Waals surface area contributed by atoms with Gasteiger partial charge < -0.3 is 28.4 Å². The van der Waals surface area contributed by atoms with Crippen LogP contribution in [0.3, 0.4) is 0 Å². The number of alkyl halides is 9. The molecular weight excluding hydrogens is 1240 g/mol. The van der Waals surface area contributed by atoms with Crippen molar-refractivity contribution in [2.75, 3.05) is 13.2 Å². The zero-order valence-electron chi connectivity index (χ0n) is 39.7. The molecule has 35 heteroatoms. The molecule has 1 fully saturated rings. The Labute approximate surface area is 461 Å². The van der Waals surface area contributed by atoms with E-state index in [1.54, 1.807) is 30.9 Å². The van der Waals surface area contributed by atoms with Gasteiger partial charge in [0.2, 0.25) is 0 Å². The van der Waals surface area contributed by atoms with Crippen molar-refractivity contribution in [2.24, 2.45) is 0 Å². The minimum Gasteiger partial charge on any atom is -0.768 e. The second-order valence-electron chi connectivity index (χ2n) is 14.5. The van der Waals surface area contributed by atoms with Crippen LogP contribution >= 0.6 is 0 Å². The Balaban J connectivity index is -0.00000127. The molecule has 4 aromatic heterocycles. The van der Waals surface area contributed by atoms with E-state index in [0.717, 1.165) is 52.7 Å². The van der Waals surface area contributed by atoms with Crippen LogP contribution in [0.25, 0.3) is 0 Å². The van der Waals surface area contributed by atoms with E-state index in [4.69, 9.17) is 48.9 Å². The first-order chi connectivity index (χ1) is 34.2. The summed E-state index contributed by atoms with van der Waals surface area (Å²) in [5, 5.41) is 7.32. The van der Waals surface area contributed by atoms with Crippen LogP contribution in [-0.2, 0) is 125 Å². The van der Waals surface area contributed by atoms with Crippen LogP contribution < -0.4 is 0 Å². The molecule has 0 bridgehead atoms. The Morgan fingerprint density at radius 2 is 0.805 bits per heavy atom. The number of pyridine rings is 4. The first kappa shape index (κ1) is 76.6. The van der Waals surface area contributed by atoms with E-state index in [-0.39, 0.29) is 39.6 Å². The minimum absolute atomic E-state index is 0. The van der Waals surface area contributed by atoms with Crippen LogP contribution in [0, 0.1) is 18.3 Å². The van der Waals surface area contributed by atoms with Crippen LogP contribution in [-0.4, -0.2) is 107 Å². The third kappa shape index (κ3) is 32.2. The summed E-state index contributed by atoms with van der Waals surface area (Å²) in [6.07, 6.45) is 9.65. The number of hydrogen-bond donors (Lipinski definition) is 0. The molecule has 3 N–H and O–H groups in total. The van der Waals surface area contributed by atoms with Crippen molar-refractivity contribution in [3.05, 3.63) is 149 Å². The Kier molecular flexibility index (Phi) is 36.4. The van der Waals surface area contributed by atoms with Gasteiger partial charge in [0.05, 0.1) is 28.8 Å². The summed E-state index contributed by atoms with van der Waals surface area (Å²) in [5.41, 5.74) is -10.8. The zero-order valence-corrected chi connectivity index (χ0v) is 44.9. The normalized spacial score (nSPS) is 12.6. The molecular formula is C42H47Cu2F9N7O13S4+. The average molecular weight is 1280 g/mol. The first-order valence-corrected chi connectivity index (χ1v) is 25.7. The molecule has 1 saturated heterocycles. The average Bonchev–Trinajstić information content (AvgIpc) is 3.88. The first-order valence-electron chi connectivity index (χ1n) is 20.4. The third-order valence-electron chi connectivity index (χ3n) is 8.47. The maximum absolute atomic E-state index is 12.9. The molecule has 1 aliphatic rings. The van der Waals surface area contributed by atoms with Crippen molar-refractivity contribution in [1.29, 1.82) is 5.26 Å². The molecule has 1 atom stereocenters. The summed E-state index contributed by atoms with van der Waals surface area (Å²) >= 11 is -2.44. The third-order valence-corrected chi connectivity index (χ3v) is 11.0. The summed E-state index contributed by atoms with van der Waals surface area (Å²) < 4.78 is 207. The van der Waals surface area contributed by atoms with Gasteiger partial charge in [-0.1, -0.05) is 42.0 Å². The van der Waals surface area contributed by atoms with E-state index in [1.807, 2.05) is 91.9 Å². The van der Waals surface area contributed by atoms with Crippen LogP contribution in [0.15, 0.2) is 115 Å². The van der Waals surface area contributed by atoms with Gasteiger partial charge in [0.1, 0.15) is 0 Å². The topological polar surface area (TPSA) is 336 Å². The minimum atomic E-state index is -6.09. The van der Waals surface area contributed by atoms with Crippen molar-refractivity contribution < 1.29 is 132 Å². The molecule has 6 rings (SSSR count). The Morgan fingerprint density at radius 3 is 0.961 bits per heavy atom. The second kappa shape index (κ2) is 36.5. The van der Waals surface area contributed by atoms with Crippen LogP contribution in [0.5, 0.6) is 0 Å². The standard InChI is InChI=1S/C33H34N6O2S.C4H8O.C2H3N.3CHF3O3S.2Cu.H2O/c1-26-18-27(20-38(22-29-10-2-6-14-34-29)23-30-11-3-7-15-35-30)33(42(40)41)28(19-26)21-39(24-31-12-4-8-16-36-31)25-32-13-5-9-17-37-32;1-2-4-5-3-1;1-2-3;3*2-1(3,4)8(5,6)7;;;/h2-19H,20-25H2,1H3,(H,40,41);1-4H2;1H3;3*(H,5,6,7);;;1H2/q;;;;;;2*+2;/p-3. The smallest absolute Gasteiger partial charge is 0.768 e. The van der Waals surface area contributed by atoms with Gasteiger partial charge in [-0.15, -0.1) is 0 Å². The summed E-state index contributed by atoms with van der Waals surface area (Å²) in [5.74, 6) is 0. The number of aromatic nitrogens is 4. The summed E-state index contributed by atoms with van der Waals surface area (Å²) in [6, 6.07) is 29.0.